The lowest BCUT2D eigenvalue weighted by atomic mass is 10.0. The molecule has 1 fully saturated rings. The topological polar surface area (TPSA) is 102 Å². The Morgan fingerprint density at radius 3 is 2.00 bits per heavy atom. The van der Waals surface area contributed by atoms with Crippen molar-refractivity contribution in [3.63, 3.8) is 0 Å². The molecule has 1 heterocycles. The molecule has 2 aromatic carbocycles. The molecule has 150 valence electrons. The zero-order valence-corrected chi connectivity index (χ0v) is 16.9. The van der Waals surface area contributed by atoms with Crippen LogP contribution in [0.15, 0.2) is 53.4 Å². The molecule has 2 aromatic rings. The lowest BCUT2D eigenvalue weighted by Gasteiger charge is -2.34. The highest BCUT2D eigenvalue weighted by Gasteiger charge is 2.44. The second kappa shape index (κ2) is 8.42. The third-order valence-electron chi connectivity index (χ3n) is 4.58. The highest BCUT2D eigenvalue weighted by Crippen LogP contribution is 2.42. The standard InChI is InChI=1S/C19H21NO6S2/c1-25-14-2-4-15(5-3-14)26-16-6-8-17(9-7-16)27-19(18(21)20-22)10-12-28(23,24)13-11-19/h2-9,22H,10-13H2,1H3,(H,20,21). The molecular weight excluding hydrogens is 402 g/mol. The highest BCUT2D eigenvalue weighted by molar-refractivity contribution is 8.01. The number of benzene rings is 2. The van der Waals surface area contributed by atoms with Crippen molar-refractivity contribution in [3.8, 4) is 17.2 Å². The summed E-state index contributed by atoms with van der Waals surface area (Å²) in [7, 11) is -1.54. The first-order chi connectivity index (χ1) is 13.4. The summed E-state index contributed by atoms with van der Waals surface area (Å²) in [5.74, 6) is 1.29. The summed E-state index contributed by atoms with van der Waals surface area (Å²) in [6.07, 6.45) is 0.299. The maximum Gasteiger partial charge on any atom is 0.259 e. The van der Waals surface area contributed by atoms with Gasteiger partial charge in [-0.05, 0) is 61.4 Å². The van der Waals surface area contributed by atoms with E-state index in [4.69, 9.17) is 14.7 Å². The molecule has 3 rings (SSSR count). The summed E-state index contributed by atoms with van der Waals surface area (Å²) in [6.45, 7) is 0. The molecule has 2 N–H and O–H groups in total. The van der Waals surface area contributed by atoms with E-state index in [0.717, 1.165) is 10.6 Å². The average Bonchev–Trinajstić information content (AvgIpc) is 2.71. The van der Waals surface area contributed by atoms with Gasteiger partial charge in [-0.1, -0.05) is 0 Å². The summed E-state index contributed by atoms with van der Waals surface area (Å²) < 4.78 is 33.3. The summed E-state index contributed by atoms with van der Waals surface area (Å²) in [4.78, 5) is 13.0. The van der Waals surface area contributed by atoms with Gasteiger partial charge in [0.1, 0.15) is 31.8 Å². The summed E-state index contributed by atoms with van der Waals surface area (Å²) in [5.41, 5.74) is 1.69. The Morgan fingerprint density at radius 1 is 1.00 bits per heavy atom. The maximum atomic E-state index is 12.3. The van der Waals surface area contributed by atoms with Gasteiger partial charge in [0.2, 0.25) is 0 Å². The minimum absolute atomic E-state index is 0.0773. The molecule has 0 saturated carbocycles. The van der Waals surface area contributed by atoms with Crippen LogP contribution in [-0.4, -0.2) is 42.9 Å². The van der Waals surface area contributed by atoms with Crippen molar-refractivity contribution in [2.24, 2.45) is 0 Å². The number of sulfone groups is 1. The van der Waals surface area contributed by atoms with E-state index < -0.39 is 20.5 Å². The zero-order chi connectivity index (χ0) is 20.2. The van der Waals surface area contributed by atoms with Crippen LogP contribution in [0.4, 0.5) is 0 Å². The molecule has 0 bridgehead atoms. The quantitative estimate of drug-likeness (QED) is 0.544. The summed E-state index contributed by atoms with van der Waals surface area (Å²) >= 11 is 1.26. The van der Waals surface area contributed by atoms with E-state index in [-0.39, 0.29) is 24.3 Å². The lowest BCUT2D eigenvalue weighted by molar-refractivity contribution is -0.131. The van der Waals surface area contributed by atoms with Gasteiger partial charge in [-0.2, -0.15) is 0 Å². The molecule has 0 radical (unpaired) electrons. The van der Waals surface area contributed by atoms with Crippen LogP contribution in [0.1, 0.15) is 12.8 Å². The number of thioether (sulfide) groups is 1. The molecule has 1 amide bonds. The Balaban J connectivity index is 1.71. The Bertz CT molecular complexity index is 912. The van der Waals surface area contributed by atoms with Crippen LogP contribution < -0.4 is 15.0 Å². The first kappa shape index (κ1) is 20.5. The molecule has 7 nitrogen and oxygen atoms in total. The Morgan fingerprint density at radius 2 is 1.50 bits per heavy atom. The van der Waals surface area contributed by atoms with Gasteiger partial charge in [0.15, 0.2) is 0 Å². The van der Waals surface area contributed by atoms with Crippen molar-refractivity contribution in [3.05, 3.63) is 48.5 Å². The van der Waals surface area contributed by atoms with E-state index in [2.05, 4.69) is 0 Å². The van der Waals surface area contributed by atoms with E-state index in [1.165, 1.54) is 11.8 Å². The normalized spacial score (nSPS) is 17.5. The summed E-state index contributed by atoms with van der Waals surface area (Å²) in [5, 5.41) is 9.11. The fourth-order valence-corrected chi connectivity index (χ4v) is 5.98. The van der Waals surface area contributed by atoms with Gasteiger partial charge in [0.25, 0.3) is 5.91 Å². The fourth-order valence-electron chi connectivity index (χ4n) is 2.93. The third kappa shape index (κ3) is 4.78. The number of nitrogens with one attached hydrogen (secondary N) is 1. The Hall–Kier alpha value is -2.23. The van der Waals surface area contributed by atoms with Crippen LogP contribution in [0.25, 0.3) is 0 Å². The SMILES string of the molecule is COc1ccc(Oc2ccc(SC3(C(=O)NO)CCS(=O)(=O)CC3)cc2)cc1. The van der Waals surface area contributed by atoms with Crippen molar-refractivity contribution >= 4 is 27.5 Å². The van der Waals surface area contributed by atoms with Crippen molar-refractivity contribution < 1.29 is 27.9 Å². The molecule has 9 heteroatoms. The van der Waals surface area contributed by atoms with Crippen LogP contribution in [0.2, 0.25) is 0 Å². The molecule has 0 aliphatic carbocycles. The number of ether oxygens (including phenoxy) is 2. The number of hydroxylamine groups is 1. The first-order valence-electron chi connectivity index (χ1n) is 8.62. The number of hydrogen-bond donors (Lipinski definition) is 2. The van der Waals surface area contributed by atoms with Gasteiger partial charge in [-0.15, -0.1) is 11.8 Å². The average molecular weight is 424 g/mol. The smallest absolute Gasteiger partial charge is 0.259 e. The fraction of sp³-hybridized carbons (Fsp3) is 0.316. The number of methoxy groups -OCH3 is 1. The van der Waals surface area contributed by atoms with Gasteiger partial charge >= 0.3 is 0 Å². The van der Waals surface area contributed by atoms with E-state index in [9.17, 15) is 13.2 Å². The van der Waals surface area contributed by atoms with E-state index in [0.29, 0.717) is 11.5 Å². The second-order valence-electron chi connectivity index (χ2n) is 6.44. The molecule has 0 spiro atoms. The largest absolute Gasteiger partial charge is 0.497 e. The van der Waals surface area contributed by atoms with Crippen molar-refractivity contribution in [1.29, 1.82) is 0 Å². The molecule has 28 heavy (non-hydrogen) atoms. The van der Waals surface area contributed by atoms with Gasteiger partial charge < -0.3 is 9.47 Å². The monoisotopic (exact) mass is 423 g/mol. The van der Waals surface area contributed by atoms with Gasteiger partial charge in [0, 0.05) is 4.90 Å². The van der Waals surface area contributed by atoms with E-state index >= 15 is 0 Å². The van der Waals surface area contributed by atoms with E-state index in [1.807, 2.05) is 0 Å². The predicted octanol–water partition coefficient (Wildman–Crippen LogP) is 3.03. The minimum Gasteiger partial charge on any atom is -0.497 e. The minimum atomic E-state index is -3.14. The zero-order valence-electron chi connectivity index (χ0n) is 15.3. The summed E-state index contributed by atoms with van der Waals surface area (Å²) in [6, 6.07) is 14.3. The molecular formula is C19H21NO6S2. The molecule has 1 aliphatic rings. The molecule has 0 atom stereocenters. The number of hydrogen-bond acceptors (Lipinski definition) is 7. The van der Waals surface area contributed by atoms with Crippen molar-refractivity contribution in [2.75, 3.05) is 18.6 Å². The van der Waals surface area contributed by atoms with Crippen LogP contribution >= 0.6 is 11.8 Å². The number of carbonyl (C=O) groups is 1. The lowest BCUT2D eigenvalue weighted by Crippen LogP contribution is -2.48. The molecule has 0 unspecified atom stereocenters. The Kier molecular flexibility index (Phi) is 6.17. The maximum absolute atomic E-state index is 12.3. The van der Waals surface area contributed by atoms with Crippen LogP contribution in [0.3, 0.4) is 0 Å². The molecule has 1 saturated heterocycles. The first-order valence-corrected chi connectivity index (χ1v) is 11.3. The Labute approximate surface area is 167 Å². The molecule has 0 aromatic heterocycles. The van der Waals surface area contributed by atoms with E-state index in [1.54, 1.807) is 61.1 Å². The number of rotatable bonds is 6. The molecule has 1 aliphatic heterocycles. The van der Waals surface area contributed by atoms with Crippen molar-refractivity contribution in [2.45, 2.75) is 22.5 Å². The highest BCUT2D eigenvalue weighted by atomic mass is 32.2. The van der Waals surface area contributed by atoms with Gasteiger partial charge in [-0.25, -0.2) is 13.9 Å². The predicted molar refractivity (Wildman–Crippen MR) is 106 cm³/mol. The second-order valence-corrected chi connectivity index (χ2v) is 10.2. The van der Waals surface area contributed by atoms with Gasteiger partial charge in [-0.3, -0.25) is 10.0 Å². The van der Waals surface area contributed by atoms with Crippen molar-refractivity contribution in [1.82, 2.24) is 5.48 Å². The number of carbonyl (C=O) groups excluding carboxylic acids is 1. The van der Waals surface area contributed by atoms with Crippen LogP contribution in [0.5, 0.6) is 17.2 Å². The van der Waals surface area contributed by atoms with Gasteiger partial charge in [0.05, 0.1) is 18.6 Å². The van der Waals surface area contributed by atoms with Crippen LogP contribution in [0, 0.1) is 0 Å². The number of amides is 1. The van der Waals surface area contributed by atoms with Crippen LogP contribution in [-0.2, 0) is 14.6 Å². The third-order valence-corrected chi connectivity index (χ3v) is 7.73.